The number of nitrogens with zero attached hydrogens (tertiary/aromatic N) is 1. The zero-order valence-corrected chi connectivity index (χ0v) is 11.0. The molecule has 0 atom stereocenters. The average Bonchev–Trinajstić information content (AvgIpc) is 2.17. The number of hydrogen-bond donors (Lipinski definition) is 2. The van der Waals surface area contributed by atoms with Crippen molar-refractivity contribution in [1.29, 1.82) is 0 Å². The summed E-state index contributed by atoms with van der Waals surface area (Å²) in [5.41, 5.74) is 6.57. The third-order valence-corrected chi connectivity index (χ3v) is 2.59. The van der Waals surface area contributed by atoms with Crippen LogP contribution in [0.1, 0.15) is 20.8 Å². The van der Waals surface area contributed by atoms with E-state index in [0.717, 1.165) is 16.6 Å². The van der Waals surface area contributed by atoms with Crippen molar-refractivity contribution in [2.45, 2.75) is 26.3 Å². The first-order valence-corrected chi connectivity index (χ1v) is 5.86. The van der Waals surface area contributed by atoms with Gasteiger partial charge in [0.1, 0.15) is 5.82 Å². The Morgan fingerprint density at radius 3 is 2.59 bits per heavy atom. The minimum absolute atomic E-state index is 0.0572. The van der Waals surface area contributed by atoms with Gasteiger partial charge in [-0.25, -0.2) is 4.98 Å². The van der Waals surface area contributed by atoms with Gasteiger partial charge in [-0.1, -0.05) is 11.6 Å². The Hall–Kier alpha value is -1.48. The second kappa shape index (κ2) is 4.08. The first-order valence-electron chi connectivity index (χ1n) is 5.49. The third kappa shape index (κ3) is 2.61. The number of pyridine rings is 1. The molecule has 0 unspecified atom stereocenters. The topological polar surface area (TPSA) is 50.9 Å². The lowest BCUT2D eigenvalue weighted by Gasteiger charge is -2.22. The molecule has 0 radical (unpaired) electrons. The number of rotatable bonds is 1. The van der Waals surface area contributed by atoms with Crippen LogP contribution in [0.15, 0.2) is 24.4 Å². The van der Waals surface area contributed by atoms with Gasteiger partial charge < -0.3 is 11.1 Å². The number of hydrogen-bond acceptors (Lipinski definition) is 3. The predicted molar refractivity (Wildman–Crippen MR) is 74.5 cm³/mol. The summed E-state index contributed by atoms with van der Waals surface area (Å²) in [5.74, 6) is 0.809. The molecule has 0 fully saturated rings. The number of halogens is 1. The van der Waals surface area contributed by atoms with Gasteiger partial charge in [-0.2, -0.15) is 0 Å². The van der Waals surface area contributed by atoms with E-state index in [1.165, 1.54) is 0 Å². The Morgan fingerprint density at radius 2 is 1.94 bits per heavy atom. The minimum atomic E-state index is -0.0572. The SMILES string of the molecule is CC(C)(C)Nc1nccc2c(N)cc(Cl)cc12. The lowest BCUT2D eigenvalue weighted by Crippen LogP contribution is -2.26. The maximum Gasteiger partial charge on any atom is 0.134 e. The smallest absolute Gasteiger partial charge is 0.134 e. The summed E-state index contributed by atoms with van der Waals surface area (Å²) < 4.78 is 0. The van der Waals surface area contributed by atoms with E-state index in [-0.39, 0.29) is 5.54 Å². The second-order valence-corrected chi connectivity index (χ2v) is 5.56. The fourth-order valence-corrected chi connectivity index (χ4v) is 1.96. The van der Waals surface area contributed by atoms with E-state index >= 15 is 0 Å². The van der Waals surface area contributed by atoms with Gasteiger partial charge >= 0.3 is 0 Å². The summed E-state index contributed by atoms with van der Waals surface area (Å²) in [7, 11) is 0. The quantitative estimate of drug-likeness (QED) is 0.758. The lowest BCUT2D eigenvalue weighted by atomic mass is 10.1. The number of benzene rings is 1. The highest BCUT2D eigenvalue weighted by atomic mass is 35.5. The number of anilines is 2. The Kier molecular flexibility index (Phi) is 2.87. The Bertz CT molecular complexity index is 558. The molecule has 0 bridgehead atoms. The number of fused-ring (bicyclic) bond motifs is 1. The van der Waals surface area contributed by atoms with Gasteiger partial charge in [0.15, 0.2) is 0 Å². The van der Waals surface area contributed by atoms with Crippen LogP contribution in [-0.2, 0) is 0 Å². The van der Waals surface area contributed by atoms with Crippen LogP contribution < -0.4 is 11.1 Å². The highest BCUT2D eigenvalue weighted by Gasteiger charge is 2.13. The molecular formula is C13H16ClN3. The third-order valence-electron chi connectivity index (χ3n) is 2.37. The summed E-state index contributed by atoms with van der Waals surface area (Å²) in [6.45, 7) is 6.25. The van der Waals surface area contributed by atoms with Crippen LogP contribution in [0.25, 0.3) is 10.8 Å². The number of aromatic nitrogens is 1. The summed E-state index contributed by atoms with van der Waals surface area (Å²) >= 11 is 6.03. The molecule has 0 aliphatic rings. The zero-order valence-electron chi connectivity index (χ0n) is 10.2. The summed E-state index contributed by atoms with van der Waals surface area (Å²) in [5, 5.41) is 5.90. The van der Waals surface area contributed by atoms with Crippen molar-refractivity contribution >= 4 is 33.9 Å². The highest BCUT2D eigenvalue weighted by molar-refractivity contribution is 6.32. The molecule has 90 valence electrons. The van der Waals surface area contributed by atoms with Gasteiger partial charge in [0, 0.05) is 33.2 Å². The summed E-state index contributed by atoms with van der Waals surface area (Å²) in [4.78, 5) is 4.35. The van der Waals surface area contributed by atoms with Crippen molar-refractivity contribution < 1.29 is 0 Å². The monoisotopic (exact) mass is 249 g/mol. The molecule has 1 aromatic heterocycles. The second-order valence-electron chi connectivity index (χ2n) is 5.12. The molecule has 17 heavy (non-hydrogen) atoms. The van der Waals surface area contributed by atoms with Crippen LogP contribution in [-0.4, -0.2) is 10.5 Å². The van der Waals surface area contributed by atoms with Gasteiger partial charge in [-0.3, -0.25) is 0 Å². The molecule has 2 rings (SSSR count). The Morgan fingerprint density at radius 1 is 1.24 bits per heavy atom. The fraction of sp³-hybridized carbons (Fsp3) is 0.308. The van der Waals surface area contributed by atoms with E-state index in [1.54, 1.807) is 12.3 Å². The van der Waals surface area contributed by atoms with Gasteiger partial charge in [0.25, 0.3) is 0 Å². The van der Waals surface area contributed by atoms with Crippen molar-refractivity contribution in [1.82, 2.24) is 4.98 Å². The Labute approximate surface area is 106 Å². The van der Waals surface area contributed by atoms with Crippen LogP contribution in [0.4, 0.5) is 11.5 Å². The van der Waals surface area contributed by atoms with Crippen molar-refractivity contribution in [2.24, 2.45) is 0 Å². The molecule has 0 saturated carbocycles. The molecule has 0 aliphatic heterocycles. The van der Waals surface area contributed by atoms with Crippen LogP contribution in [0.2, 0.25) is 5.02 Å². The maximum atomic E-state index is 6.03. The first-order chi connectivity index (χ1) is 7.87. The number of nitrogens with one attached hydrogen (secondary N) is 1. The number of nitrogen functional groups attached to an aromatic ring is 1. The van der Waals surface area contributed by atoms with E-state index in [9.17, 15) is 0 Å². The summed E-state index contributed by atoms with van der Waals surface area (Å²) in [6.07, 6.45) is 1.75. The molecule has 4 heteroatoms. The predicted octanol–water partition coefficient (Wildman–Crippen LogP) is 3.68. The average molecular weight is 250 g/mol. The maximum absolute atomic E-state index is 6.03. The molecule has 1 heterocycles. The highest BCUT2D eigenvalue weighted by Crippen LogP contribution is 2.30. The largest absolute Gasteiger partial charge is 0.398 e. The van der Waals surface area contributed by atoms with Gasteiger partial charge in [-0.15, -0.1) is 0 Å². The summed E-state index contributed by atoms with van der Waals surface area (Å²) in [6, 6.07) is 5.54. The van der Waals surface area contributed by atoms with Crippen molar-refractivity contribution in [2.75, 3.05) is 11.1 Å². The van der Waals surface area contributed by atoms with E-state index in [4.69, 9.17) is 17.3 Å². The normalized spacial score (nSPS) is 11.8. The Balaban J connectivity index is 2.64. The van der Waals surface area contributed by atoms with Gasteiger partial charge in [0.05, 0.1) is 0 Å². The van der Waals surface area contributed by atoms with Gasteiger partial charge in [-0.05, 0) is 39.0 Å². The molecule has 1 aromatic carbocycles. The van der Waals surface area contributed by atoms with Crippen LogP contribution >= 0.6 is 11.6 Å². The molecule has 0 saturated heterocycles. The molecule has 2 aromatic rings. The lowest BCUT2D eigenvalue weighted by molar-refractivity contribution is 0.631. The van der Waals surface area contributed by atoms with Gasteiger partial charge in [0.2, 0.25) is 0 Å². The standard InChI is InChI=1S/C13H16ClN3/c1-13(2,3)17-12-10-6-8(14)7-11(15)9(10)4-5-16-12/h4-7H,15H2,1-3H3,(H,16,17). The van der Waals surface area contributed by atoms with Crippen LogP contribution in [0.3, 0.4) is 0 Å². The molecule has 0 amide bonds. The van der Waals surface area contributed by atoms with E-state index in [2.05, 4.69) is 31.1 Å². The molecule has 0 aliphatic carbocycles. The molecule has 3 nitrogen and oxygen atoms in total. The fourth-order valence-electron chi connectivity index (χ4n) is 1.73. The van der Waals surface area contributed by atoms with Crippen LogP contribution in [0.5, 0.6) is 0 Å². The zero-order chi connectivity index (χ0) is 12.6. The molecular weight excluding hydrogens is 234 g/mol. The first kappa shape index (κ1) is 12.0. The molecule has 3 N–H and O–H groups in total. The van der Waals surface area contributed by atoms with Crippen LogP contribution in [0, 0.1) is 0 Å². The van der Waals surface area contributed by atoms with E-state index in [1.807, 2.05) is 12.1 Å². The van der Waals surface area contributed by atoms with Crippen molar-refractivity contribution in [3.8, 4) is 0 Å². The minimum Gasteiger partial charge on any atom is -0.398 e. The van der Waals surface area contributed by atoms with E-state index < -0.39 is 0 Å². The molecule has 0 spiro atoms. The van der Waals surface area contributed by atoms with E-state index in [0.29, 0.717) is 10.7 Å². The van der Waals surface area contributed by atoms with Crippen molar-refractivity contribution in [3.63, 3.8) is 0 Å². The van der Waals surface area contributed by atoms with Crippen molar-refractivity contribution in [3.05, 3.63) is 29.4 Å². The number of nitrogens with two attached hydrogens (primary N) is 1.